The Balaban J connectivity index is 0.00000392. The summed E-state index contributed by atoms with van der Waals surface area (Å²) < 4.78 is 10.4. The van der Waals surface area contributed by atoms with Gasteiger partial charge in [0.2, 0.25) is 0 Å². The zero-order chi connectivity index (χ0) is 19.6. The molecule has 0 saturated heterocycles. The van der Waals surface area contributed by atoms with E-state index in [4.69, 9.17) is 9.15 Å². The van der Waals surface area contributed by atoms with Crippen LogP contribution < -0.4 is 10.6 Å². The maximum Gasteiger partial charge on any atom is 0.287 e. The number of hydrogen-bond acceptors (Lipinski definition) is 6. The number of guanidine groups is 1. The third kappa shape index (κ3) is 7.40. The highest BCUT2D eigenvalue weighted by atomic mass is 127. The first kappa shape index (κ1) is 24.4. The Bertz CT molecular complexity index is 735. The zero-order valence-electron chi connectivity index (χ0n) is 16.6. The third-order valence-electron chi connectivity index (χ3n) is 3.77. The first-order valence-electron chi connectivity index (χ1n) is 8.83. The molecule has 28 heavy (non-hydrogen) atoms. The van der Waals surface area contributed by atoms with Gasteiger partial charge >= 0.3 is 0 Å². The largest absolute Gasteiger partial charge is 0.459 e. The van der Waals surface area contributed by atoms with Crippen LogP contribution in [0.15, 0.2) is 33.2 Å². The summed E-state index contributed by atoms with van der Waals surface area (Å²) in [5, 5.41) is 9.04. The van der Waals surface area contributed by atoms with Crippen molar-refractivity contribution in [2.24, 2.45) is 4.99 Å². The van der Waals surface area contributed by atoms with Crippen LogP contribution in [0, 0.1) is 0 Å². The number of nitrogens with one attached hydrogen (secondary N) is 2. The van der Waals surface area contributed by atoms with Crippen molar-refractivity contribution in [3.05, 3.63) is 40.2 Å². The van der Waals surface area contributed by atoms with Gasteiger partial charge in [0.1, 0.15) is 11.1 Å². The molecule has 2 aromatic rings. The van der Waals surface area contributed by atoms with E-state index in [-0.39, 0.29) is 36.0 Å². The smallest absolute Gasteiger partial charge is 0.287 e. The van der Waals surface area contributed by atoms with Crippen LogP contribution in [0.25, 0.3) is 0 Å². The van der Waals surface area contributed by atoms with Gasteiger partial charge in [-0.15, -0.1) is 35.3 Å². The van der Waals surface area contributed by atoms with Gasteiger partial charge in [0.05, 0.1) is 25.0 Å². The average Bonchev–Trinajstić information content (AvgIpc) is 3.35. The van der Waals surface area contributed by atoms with Gasteiger partial charge in [0, 0.05) is 32.6 Å². The number of carbonyl (C=O) groups excluding carboxylic acids is 1. The average molecular weight is 521 g/mol. The first-order valence-corrected chi connectivity index (χ1v) is 9.71. The second kappa shape index (κ2) is 12.7. The van der Waals surface area contributed by atoms with Crippen molar-refractivity contribution >= 4 is 47.2 Å². The highest BCUT2D eigenvalue weighted by Gasteiger charge is 2.13. The number of carbonyl (C=O) groups is 1. The molecule has 2 aromatic heterocycles. The Labute approximate surface area is 186 Å². The summed E-state index contributed by atoms with van der Waals surface area (Å²) in [6.07, 6.45) is 1.47. The van der Waals surface area contributed by atoms with E-state index in [1.165, 1.54) is 6.26 Å². The maximum atomic E-state index is 11.8. The summed E-state index contributed by atoms with van der Waals surface area (Å²) in [4.78, 5) is 23.0. The second-order valence-electron chi connectivity index (χ2n) is 5.88. The minimum absolute atomic E-state index is 0. The topological polar surface area (TPSA) is 92.0 Å². The van der Waals surface area contributed by atoms with Crippen LogP contribution in [0.3, 0.4) is 0 Å². The van der Waals surface area contributed by atoms with Gasteiger partial charge in [-0.1, -0.05) is 0 Å². The lowest BCUT2D eigenvalue weighted by atomic mass is 10.4. The van der Waals surface area contributed by atoms with Crippen LogP contribution in [0.5, 0.6) is 0 Å². The number of nitrogens with zero attached hydrogens (tertiary/aromatic N) is 3. The van der Waals surface area contributed by atoms with E-state index in [2.05, 4.69) is 20.6 Å². The molecule has 1 amide bonds. The predicted octanol–water partition coefficient (Wildman–Crippen LogP) is 2.89. The molecule has 0 aliphatic rings. The van der Waals surface area contributed by atoms with Crippen molar-refractivity contribution in [3.8, 4) is 0 Å². The van der Waals surface area contributed by atoms with Gasteiger partial charge in [-0.3, -0.25) is 9.79 Å². The predicted molar refractivity (Wildman–Crippen MR) is 121 cm³/mol. The minimum Gasteiger partial charge on any atom is -0.459 e. The van der Waals surface area contributed by atoms with Crippen LogP contribution in [0.2, 0.25) is 0 Å². The molecular weight excluding hydrogens is 493 g/mol. The Hall–Kier alpha value is -1.66. The van der Waals surface area contributed by atoms with E-state index >= 15 is 0 Å². The van der Waals surface area contributed by atoms with Crippen molar-refractivity contribution in [1.82, 2.24) is 20.5 Å². The lowest BCUT2D eigenvalue weighted by Crippen LogP contribution is -2.39. The number of furan rings is 1. The number of thiazole rings is 1. The molecule has 1 atom stereocenters. The van der Waals surface area contributed by atoms with E-state index < -0.39 is 0 Å². The quantitative estimate of drug-likeness (QED) is 0.228. The summed E-state index contributed by atoms with van der Waals surface area (Å²) in [5.74, 6) is 0.822. The minimum atomic E-state index is -0.240. The molecule has 0 aliphatic carbocycles. The molecule has 0 radical (unpaired) electrons. The van der Waals surface area contributed by atoms with Gasteiger partial charge in [-0.05, 0) is 26.0 Å². The number of rotatable bonds is 9. The lowest BCUT2D eigenvalue weighted by Gasteiger charge is -2.21. The lowest BCUT2D eigenvalue weighted by molar-refractivity contribution is 0.0927. The number of halogens is 1. The molecule has 0 spiro atoms. The van der Waals surface area contributed by atoms with E-state index in [0.29, 0.717) is 25.4 Å². The number of aromatic nitrogens is 1. The van der Waals surface area contributed by atoms with Gasteiger partial charge in [0.15, 0.2) is 11.7 Å². The van der Waals surface area contributed by atoms with Crippen LogP contribution in [0.4, 0.5) is 0 Å². The number of hydrogen-bond donors (Lipinski definition) is 2. The molecule has 0 aromatic carbocycles. The normalized spacial score (nSPS) is 12.2. The molecule has 0 bridgehead atoms. The van der Waals surface area contributed by atoms with Crippen molar-refractivity contribution in [1.29, 1.82) is 0 Å². The van der Waals surface area contributed by atoms with Crippen molar-refractivity contribution < 1.29 is 13.9 Å². The van der Waals surface area contributed by atoms with Crippen molar-refractivity contribution in [3.63, 3.8) is 0 Å². The van der Waals surface area contributed by atoms with Crippen LogP contribution in [0.1, 0.15) is 41.2 Å². The molecule has 10 heteroatoms. The summed E-state index contributed by atoms with van der Waals surface area (Å²) >= 11 is 1.59. The van der Waals surface area contributed by atoms with E-state index in [0.717, 1.165) is 23.2 Å². The van der Waals surface area contributed by atoms with E-state index in [9.17, 15) is 4.79 Å². The van der Waals surface area contributed by atoms with Gasteiger partial charge in [-0.25, -0.2) is 4.98 Å². The second-order valence-corrected chi connectivity index (χ2v) is 6.77. The summed E-state index contributed by atoms with van der Waals surface area (Å²) in [7, 11) is 3.64. The third-order valence-corrected chi connectivity index (χ3v) is 4.82. The fourth-order valence-corrected chi connectivity index (χ4v) is 3.14. The molecule has 2 heterocycles. The Morgan fingerprint density at radius 1 is 1.46 bits per heavy atom. The van der Waals surface area contributed by atoms with E-state index in [1.54, 1.807) is 30.6 Å². The maximum absolute atomic E-state index is 11.8. The van der Waals surface area contributed by atoms with Crippen LogP contribution in [-0.2, 0) is 11.3 Å². The Morgan fingerprint density at radius 3 is 2.89 bits per heavy atom. The summed E-state index contributed by atoms with van der Waals surface area (Å²) in [6, 6.07) is 3.31. The van der Waals surface area contributed by atoms with Gasteiger partial charge < -0.3 is 24.7 Å². The molecular formula is C18H28IN5O3S. The Kier molecular flexibility index (Phi) is 11.1. The van der Waals surface area contributed by atoms with Crippen molar-refractivity contribution in [2.45, 2.75) is 26.5 Å². The molecule has 156 valence electrons. The number of ether oxygens (including phenoxy) is 1. The van der Waals surface area contributed by atoms with Gasteiger partial charge in [-0.2, -0.15) is 0 Å². The van der Waals surface area contributed by atoms with Crippen LogP contribution >= 0.6 is 35.3 Å². The molecule has 2 N–H and O–H groups in total. The fraction of sp³-hybridized carbons (Fsp3) is 0.500. The molecule has 8 nitrogen and oxygen atoms in total. The Morgan fingerprint density at radius 2 is 2.25 bits per heavy atom. The summed E-state index contributed by atoms with van der Waals surface area (Å²) in [5.41, 5.74) is 0.970. The molecule has 1 unspecified atom stereocenters. The fourth-order valence-electron chi connectivity index (χ4n) is 2.30. The molecule has 2 rings (SSSR count). The number of amides is 1. The standard InChI is InChI=1S/C18H27N5O3S.HI/c1-5-19-18(21-9-8-20-16(24)15-7-6-10-26-15)23(3)11-14-12-27-17(22-14)13(2)25-4;/h6-7,10,12-13H,5,8-9,11H2,1-4H3,(H,19,21)(H,20,24);1H. The molecule has 0 fully saturated rings. The summed E-state index contributed by atoms with van der Waals surface area (Å²) in [6.45, 7) is 6.28. The van der Waals surface area contributed by atoms with E-state index in [1.807, 2.05) is 31.2 Å². The van der Waals surface area contributed by atoms with Gasteiger partial charge in [0.25, 0.3) is 5.91 Å². The molecule has 0 aliphatic heterocycles. The van der Waals surface area contributed by atoms with Crippen molar-refractivity contribution in [2.75, 3.05) is 33.8 Å². The van der Waals surface area contributed by atoms with Crippen LogP contribution in [-0.4, -0.2) is 55.5 Å². The monoisotopic (exact) mass is 521 g/mol. The SMILES string of the molecule is CCNC(=NCCNC(=O)c1ccco1)N(C)Cc1csc(C(C)OC)n1.I. The highest BCUT2D eigenvalue weighted by Crippen LogP contribution is 2.20. The first-order chi connectivity index (χ1) is 13.0. The number of methoxy groups -OCH3 is 1. The molecule has 0 saturated carbocycles. The number of aliphatic imine (C=N–C) groups is 1. The zero-order valence-corrected chi connectivity index (χ0v) is 19.7. The highest BCUT2D eigenvalue weighted by molar-refractivity contribution is 14.0.